The lowest BCUT2D eigenvalue weighted by molar-refractivity contribution is 2.55. The van der Waals surface area contributed by atoms with Crippen molar-refractivity contribution >= 4 is 126 Å². The molecule has 20 heavy (non-hydrogen) atoms. The molecule has 0 aliphatic heterocycles. The Labute approximate surface area is 187 Å². The highest BCUT2D eigenvalue weighted by molar-refractivity contribution is 7.80. The van der Waals surface area contributed by atoms with Gasteiger partial charge in [0.05, 0.1) is 0 Å². The van der Waals surface area contributed by atoms with Gasteiger partial charge in [0.15, 0.2) is 0 Å². The first kappa shape index (κ1) is 65.3. The second kappa shape index (κ2) is 849. The fourth-order valence-corrected chi connectivity index (χ4v) is 0. The molecule has 0 saturated carbocycles. The van der Waals surface area contributed by atoms with Gasteiger partial charge in [-0.15, -0.1) is 0 Å². The van der Waals surface area contributed by atoms with Gasteiger partial charge in [-0.25, -0.2) is 0 Å². The molecular weight excluding hydrogens is 441 g/mol. The van der Waals surface area contributed by atoms with Gasteiger partial charge in [-0.2, -0.15) is 126 Å². The molecule has 10 heteroatoms. The van der Waals surface area contributed by atoms with E-state index in [0.717, 1.165) is 0 Å². The lowest BCUT2D eigenvalue weighted by atomic mass is 12.0. The van der Waals surface area contributed by atoms with Crippen LogP contribution >= 0.6 is 126 Å². The quantitative estimate of drug-likeness (QED) is 0.200. The first-order valence-electron chi connectivity index (χ1n) is 4.47. The van der Waals surface area contributed by atoms with E-state index in [1.54, 1.807) is 62.6 Å². The molecule has 0 N–H and O–H groups in total. The van der Waals surface area contributed by atoms with Crippen molar-refractivity contribution in [1.82, 2.24) is 0 Å². The first-order chi connectivity index (χ1) is 10.0. The average molecular weight is 481 g/mol. The Morgan fingerprint density at radius 1 is 0.150 bits per heavy atom. The third-order valence-corrected chi connectivity index (χ3v) is 0. The molecule has 0 aromatic heterocycles. The van der Waals surface area contributed by atoms with Gasteiger partial charge < -0.3 is 0 Å². The molecule has 0 radical (unpaired) electrons. The molecule has 0 aliphatic carbocycles. The van der Waals surface area contributed by atoms with E-state index < -0.39 is 0 Å². The first-order valence-corrected chi connectivity index (χ1v) is 13.4. The van der Waals surface area contributed by atoms with Gasteiger partial charge in [-0.1, -0.05) is 0 Å². The Hall–Kier alpha value is 3.50. The maximum absolute atomic E-state index is 3.53. The Balaban J connectivity index is -0.00000000694. The lowest BCUT2D eigenvalue weighted by Gasteiger charge is -1.11. The van der Waals surface area contributed by atoms with Crippen molar-refractivity contribution in [2.75, 3.05) is 62.6 Å². The summed E-state index contributed by atoms with van der Waals surface area (Å²) < 4.78 is 0. The molecule has 0 aromatic rings. The second-order valence-electron chi connectivity index (χ2n) is 0. The summed E-state index contributed by atoms with van der Waals surface area (Å²) in [5.74, 6) is 0. The van der Waals surface area contributed by atoms with Gasteiger partial charge in [0.2, 0.25) is 0 Å². The van der Waals surface area contributed by atoms with Crippen LogP contribution in [0.2, 0.25) is 0 Å². The van der Waals surface area contributed by atoms with Crippen LogP contribution < -0.4 is 0 Å². The summed E-state index contributed by atoms with van der Waals surface area (Å²) in [7, 11) is 0. The molecule has 0 amide bonds. The smallest absolute Gasteiger partial charge is 0.0215 e. The minimum Gasteiger partial charge on any atom is -0.183 e. The van der Waals surface area contributed by atoms with E-state index in [9.17, 15) is 0 Å². The normalized spacial score (nSPS) is 3.00. The molecule has 0 saturated heterocycles. The van der Waals surface area contributed by atoms with E-state index in [2.05, 4.69) is 126 Å². The number of hydrogen-bond acceptors (Lipinski definition) is 10. The van der Waals surface area contributed by atoms with Gasteiger partial charge in [-0.3, -0.25) is 0 Å². The van der Waals surface area contributed by atoms with Gasteiger partial charge in [0.1, 0.15) is 0 Å². The molecule has 0 spiro atoms. The highest BCUT2D eigenvalue weighted by Gasteiger charge is 0.919. The van der Waals surface area contributed by atoms with Crippen molar-refractivity contribution in [2.45, 2.75) is 0 Å². The van der Waals surface area contributed by atoms with E-state index >= 15 is 0 Å². The summed E-state index contributed by atoms with van der Waals surface area (Å²) in [6.07, 6.45) is 16.9. The zero-order chi connectivity index (χ0) is 20.0. The molecule has 0 nitrogen and oxygen atoms in total. The van der Waals surface area contributed by atoms with Gasteiger partial charge >= 0.3 is 0 Å². The minimum atomic E-state index is 1.69. The second-order valence-corrected chi connectivity index (χ2v) is 0. The summed E-state index contributed by atoms with van der Waals surface area (Å²) in [5.41, 5.74) is 0. The van der Waals surface area contributed by atoms with E-state index in [4.69, 9.17) is 0 Å². The molecule has 140 valence electrons. The van der Waals surface area contributed by atoms with Crippen molar-refractivity contribution in [1.29, 1.82) is 0 Å². The van der Waals surface area contributed by atoms with E-state index in [1.165, 1.54) is 0 Å². The van der Waals surface area contributed by atoms with Crippen molar-refractivity contribution < 1.29 is 0 Å². The summed E-state index contributed by atoms with van der Waals surface area (Å²) >= 11 is 35.3. The molecular formula is C10H40S10. The average Bonchev–Trinajstić information content (AvgIpc) is 2.71. The van der Waals surface area contributed by atoms with Gasteiger partial charge in [0, 0.05) is 0 Å². The monoisotopic (exact) mass is 480 g/mol. The highest BCUT2D eigenvalue weighted by Crippen LogP contribution is 1.33. The number of rotatable bonds is 0. The topological polar surface area (TPSA) is 0 Å². The van der Waals surface area contributed by atoms with Crippen LogP contribution in [0.15, 0.2) is 0 Å². The maximum atomic E-state index is 3.53. The van der Waals surface area contributed by atoms with Crippen LogP contribution in [0.25, 0.3) is 0 Å². The zero-order valence-electron chi connectivity index (χ0n) is 14.5. The van der Waals surface area contributed by atoms with Crippen LogP contribution in [0.5, 0.6) is 0 Å². The minimum absolute atomic E-state index is 1.69. The fraction of sp³-hybridized carbons (Fsp3) is 1.00. The lowest BCUT2D eigenvalue weighted by Crippen LogP contribution is -0.865. The summed E-state index contributed by atoms with van der Waals surface area (Å²) in [5, 5.41) is 0. The van der Waals surface area contributed by atoms with Gasteiger partial charge in [0.25, 0.3) is 0 Å². The van der Waals surface area contributed by atoms with Crippen molar-refractivity contribution in [3.05, 3.63) is 0 Å². The fourth-order valence-electron chi connectivity index (χ4n) is 0. The Kier molecular flexibility index (Phi) is 2770. The summed E-state index contributed by atoms with van der Waals surface area (Å²) in [4.78, 5) is 0. The van der Waals surface area contributed by atoms with Crippen LogP contribution in [0.3, 0.4) is 0 Å². The zero-order valence-corrected chi connectivity index (χ0v) is 23.4. The molecule has 0 bridgehead atoms. The van der Waals surface area contributed by atoms with Crippen molar-refractivity contribution in [3.8, 4) is 0 Å². The molecule has 0 rings (SSSR count). The standard InChI is InChI=1S/10CH4S/c10*1-2/h10*2H,1H3. The SMILES string of the molecule is CS.CS.CS.CS.CS.CS.CS.CS.CS.CS. The molecule has 0 aromatic carbocycles. The maximum Gasteiger partial charge on any atom is -0.0215 e. The van der Waals surface area contributed by atoms with Gasteiger partial charge in [-0.05, 0) is 62.6 Å². The largest absolute Gasteiger partial charge is 0.183 e. The predicted molar refractivity (Wildman–Crippen MR) is 149 cm³/mol. The van der Waals surface area contributed by atoms with Crippen molar-refractivity contribution in [2.24, 2.45) is 0 Å². The van der Waals surface area contributed by atoms with Crippen molar-refractivity contribution in [3.63, 3.8) is 0 Å². The third-order valence-electron chi connectivity index (χ3n) is 0. The highest BCUT2D eigenvalue weighted by atomic mass is 32.1. The Bertz CT molecular complexity index is 20.0. The molecule has 0 heterocycles. The molecule has 0 atom stereocenters. The molecule has 0 unspecified atom stereocenters. The number of hydrogen-bond donors (Lipinski definition) is 10. The number of thiol groups is 10. The van der Waals surface area contributed by atoms with Crippen LogP contribution in [-0.4, -0.2) is 62.6 Å². The Morgan fingerprint density at radius 2 is 0.150 bits per heavy atom. The van der Waals surface area contributed by atoms with E-state index in [-0.39, 0.29) is 0 Å². The van der Waals surface area contributed by atoms with Crippen LogP contribution in [0.4, 0.5) is 0 Å². The van der Waals surface area contributed by atoms with E-state index in [1.807, 2.05) is 0 Å². The van der Waals surface area contributed by atoms with Crippen LogP contribution in [0.1, 0.15) is 0 Å². The third kappa shape index (κ3) is 738. The predicted octanol–water partition coefficient (Wildman–Crippen LogP) is 5.46. The van der Waals surface area contributed by atoms with E-state index in [0.29, 0.717) is 0 Å². The molecule has 0 fully saturated rings. The van der Waals surface area contributed by atoms with Crippen LogP contribution in [0, 0.1) is 0 Å². The molecule has 0 aliphatic rings. The summed E-state index contributed by atoms with van der Waals surface area (Å²) in [6.45, 7) is 0. The Morgan fingerprint density at radius 3 is 0.150 bits per heavy atom. The van der Waals surface area contributed by atoms with Crippen LogP contribution in [-0.2, 0) is 0 Å². The summed E-state index contributed by atoms with van der Waals surface area (Å²) in [6, 6.07) is 0.